The van der Waals surface area contributed by atoms with E-state index in [1.165, 1.54) is 19.3 Å². The lowest BCUT2D eigenvalue weighted by Crippen LogP contribution is -2.37. The Bertz CT molecular complexity index is 85.3. The lowest BCUT2D eigenvalue weighted by molar-refractivity contribution is 0.143. The number of hydrogen-bond donors (Lipinski definition) is 2. The van der Waals surface area contributed by atoms with Crippen LogP contribution in [-0.2, 0) is 0 Å². The summed E-state index contributed by atoms with van der Waals surface area (Å²) in [5, 5.41) is 12.6. The lowest BCUT2D eigenvalue weighted by Gasteiger charge is -2.18. The summed E-state index contributed by atoms with van der Waals surface area (Å²) >= 11 is 0. The highest BCUT2D eigenvalue weighted by Crippen LogP contribution is 2.10. The van der Waals surface area contributed by atoms with Crippen LogP contribution in [0.5, 0.6) is 0 Å². The van der Waals surface area contributed by atoms with Crippen molar-refractivity contribution in [2.24, 2.45) is 0 Å². The predicted octanol–water partition coefficient (Wildman–Crippen LogP) is 0.899. The second-order valence-corrected chi connectivity index (χ2v) is 3.15. The normalized spacial score (nSPS) is 31.2. The third-order valence-corrected chi connectivity index (χ3v) is 2.18. The molecule has 1 saturated heterocycles. The van der Waals surface area contributed by atoms with Crippen LogP contribution in [0.25, 0.3) is 0 Å². The Hall–Kier alpha value is -0.0800. The van der Waals surface area contributed by atoms with Gasteiger partial charge in [-0.25, -0.2) is 0 Å². The summed E-state index contributed by atoms with van der Waals surface area (Å²) in [6.07, 6.45) is 4.80. The second-order valence-electron chi connectivity index (χ2n) is 3.15. The molecule has 1 rings (SSSR count). The zero-order valence-corrected chi connectivity index (χ0v) is 6.64. The highest BCUT2D eigenvalue weighted by Gasteiger charge is 2.15. The first kappa shape index (κ1) is 8.02. The quantitative estimate of drug-likeness (QED) is 0.571. The zero-order valence-electron chi connectivity index (χ0n) is 6.64. The molecule has 0 aliphatic carbocycles. The minimum Gasteiger partial charge on any atom is -0.392 e. The molecule has 0 aromatic heterocycles. The van der Waals surface area contributed by atoms with E-state index in [0.717, 1.165) is 13.0 Å². The first-order valence-electron chi connectivity index (χ1n) is 4.22. The molecule has 60 valence electrons. The smallest absolute Gasteiger partial charge is 0.0665 e. The molecule has 0 saturated carbocycles. The zero-order chi connectivity index (χ0) is 7.40. The SMILES string of the molecule is C[C@H](O)C1CCCCCN1. The van der Waals surface area contributed by atoms with Crippen LogP contribution in [0.4, 0.5) is 0 Å². The van der Waals surface area contributed by atoms with Gasteiger partial charge in [0.2, 0.25) is 0 Å². The van der Waals surface area contributed by atoms with Crippen molar-refractivity contribution in [3.63, 3.8) is 0 Å². The van der Waals surface area contributed by atoms with Crippen LogP contribution >= 0.6 is 0 Å². The first-order valence-corrected chi connectivity index (χ1v) is 4.22. The van der Waals surface area contributed by atoms with Crippen molar-refractivity contribution < 1.29 is 5.11 Å². The number of aliphatic hydroxyl groups is 1. The molecule has 10 heavy (non-hydrogen) atoms. The van der Waals surface area contributed by atoms with Gasteiger partial charge in [-0.15, -0.1) is 0 Å². The van der Waals surface area contributed by atoms with Gasteiger partial charge in [0.15, 0.2) is 0 Å². The Labute approximate surface area is 62.6 Å². The molecule has 0 bridgehead atoms. The molecule has 0 aromatic carbocycles. The number of hydrogen-bond acceptors (Lipinski definition) is 2. The average molecular weight is 143 g/mol. The molecule has 1 aliphatic rings. The summed E-state index contributed by atoms with van der Waals surface area (Å²) in [5.74, 6) is 0. The van der Waals surface area contributed by atoms with Crippen molar-refractivity contribution in [2.45, 2.75) is 44.8 Å². The van der Waals surface area contributed by atoms with Crippen molar-refractivity contribution >= 4 is 0 Å². The number of nitrogens with one attached hydrogen (secondary N) is 1. The lowest BCUT2D eigenvalue weighted by atomic mass is 10.1. The van der Waals surface area contributed by atoms with Gasteiger partial charge in [0.25, 0.3) is 0 Å². The number of aliphatic hydroxyl groups excluding tert-OH is 1. The van der Waals surface area contributed by atoms with E-state index < -0.39 is 0 Å². The van der Waals surface area contributed by atoms with Gasteiger partial charge in [-0.05, 0) is 26.3 Å². The van der Waals surface area contributed by atoms with E-state index in [-0.39, 0.29) is 6.10 Å². The minimum absolute atomic E-state index is 0.182. The fraction of sp³-hybridized carbons (Fsp3) is 1.00. The third kappa shape index (κ3) is 2.27. The van der Waals surface area contributed by atoms with E-state index in [1.807, 2.05) is 6.92 Å². The van der Waals surface area contributed by atoms with Gasteiger partial charge in [-0.2, -0.15) is 0 Å². The monoisotopic (exact) mass is 143 g/mol. The Balaban J connectivity index is 2.28. The van der Waals surface area contributed by atoms with Crippen LogP contribution in [-0.4, -0.2) is 23.8 Å². The van der Waals surface area contributed by atoms with Crippen molar-refractivity contribution in [2.75, 3.05) is 6.54 Å². The van der Waals surface area contributed by atoms with Crippen LogP contribution in [0.2, 0.25) is 0 Å². The van der Waals surface area contributed by atoms with E-state index in [1.54, 1.807) is 0 Å². The van der Waals surface area contributed by atoms with Gasteiger partial charge < -0.3 is 10.4 Å². The van der Waals surface area contributed by atoms with E-state index in [0.29, 0.717) is 6.04 Å². The van der Waals surface area contributed by atoms with Crippen molar-refractivity contribution in [1.29, 1.82) is 0 Å². The fourth-order valence-electron chi connectivity index (χ4n) is 1.47. The standard InChI is InChI=1S/C8H17NO/c1-7(10)8-5-3-2-4-6-9-8/h7-10H,2-6H2,1H3/t7-,8?/m0/s1. The molecule has 1 heterocycles. The Kier molecular flexibility index (Phi) is 3.16. The molecule has 2 atom stereocenters. The molecule has 0 aromatic rings. The van der Waals surface area contributed by atoms with Gasteiger partial charge in [0.1, 0.15) is 0 Å². The molecule has 1 fully saturated rings. The molecule has 0 radical (unpaired) electrons. The van der Waals surface area contributed by atoms with Crippen LogP contribution < -0.4 is 5.32 Å². The molecule has 1 aliphatic heterocycles. The maximum Gasteiger partial charge on any atom is 0.0665 e. The molecule has 2 nitrogen and oxygen atoms in total. The molecular formula is C8H17NO. The summed E-state index contributed by atoms with van der Waals surface area (Å²) in [6.45, 7) is 2.94. The van der Waals surface area contributed by atoms with Crippen molar-refractivity contribution in [1.82, 2.24) is 5.32 Å². The summed E-state index contributed by atoms with van der Waals surface area (Å²) in [7, 11) is 0. The van der Waals surface area contributed by atoms with Crippen LogP contribution in [0, 0.1) is 0 Å². The fourth-order valence-corrected chi connectivity index (χ4v) is 1.47. The van der Waals surface area contributed by atoms with Crippen molar-refractivity contribution in [3.05, 3.63) is 0 Å². The van der Waals surface area contributed by atoms with E-state index >= 15 is 0 Å². The first-order chi connectivity index (χ1) is 4.80. The van der Waals surface area contributed by atoms with Gasteiger partial charge in [0, 0.05) is 6.04 Å². The summed E-state index contributed by atoms with van der Waals surface area (Å²) in [4.78, 5) is 0. The molecular weight excluding hydrogens is 126 g/mol. The largest absolute Gasteiger partial charge is 0.392 e. The van der Waals surface area contributed by atoms with E-state index in [2.05, 4.69) is 5.32 Å². The molecule has 1 unspecified atom stereocenters. The maximum atomic E-state index is 9.24. The van der Waals surface area contributed by atoms with Gasteiger partial charge in [-0.1, -0.05) is 12.8 Å². The van der Waals surface area contributed by atoms with Crippen LogP contribution in [0.1, 0.15) is 32.6 Å². The van der Waals surface area contributed by atoms with Gasteiger partial charge in [-0.3, -0.25) is 0 Å². The highest BCUT2D eigenvalue weighted by atomic mass is 16.3. The van der Waals surface area contributed by atoms with Crippen LogP contribution in [0.3, 0.4) is 0 Å². The molecule has 2 N–H and O–H groups in total. The van der Waals surface area contributed by atoms with Crippen molar-refractivity contribution in [3.8, 4) is 0 Å². The second kappa shape index (κ2) is 3.94. The van der Waals surface area contributed by atoms with Gasteiger partial charge >= 0.3 is 0 Å². The Morgan fingerprint density at radius 1 is 1.40 bits per heavy atom. The highest BCUT2D eigenvalue weighted by molar-refractivity contribution is 4.74. The van der Waals surface area contributed by atoms with E-state index in [9.17, 15) is 5.11 Å². The summed E-state index contributed by atoms with van der Waals surface area (Å²) in [6, 6.07) is 0.350. The predicted molar refractivity (Wildman–Crippen MR) is 41.9 cm³/mol. The molecule has 2 heteroatoms. The Morgan fingerprint density at radius 2 is 2.20 bits per heavy atom. The van der Waals surface area contributed by atoms with Crippen LogP contribution in [0.15, 0.2) is 0 Å². The Morgan fingerprint density at radius 3 is 2.90 bits per heavy atom. The molecule has 0 spiro atoms. The summed E-state index contributed by atoms with van der Waals surface area (Å²) in [5.41, 5.74) is 0. The third-order valence-electron chi connectivity index (χ3n) is 2.18. The van der Waals surface area contributed by atoms with Gasteiger partial charge in [0.05, 0.1) is 6.10 Å². The number of rotatable bonds is 1. The topological polar surface area (TPSA) is 32.3 Å². The summed E-state index contributed by atoms with van der Waals surface area (Å²) < 4.78 is 0. The minimum atomic E-state index is -0.182. The molecule has 0 amide bonds. The maximum absolute atomic E-state index is 9.24. The van der Waals surface area contributed by atoms with E-state index in [4.69, 9.17) is 0 Å². The average Bonchev–Trinajstić information content (AvgIpc) is 2.12.